The summed E-state index contributed by atoms with van der Waals surface area (Å²) < 4.78 is 39.2. The molecule has 2 aromatic rings. The van der Waals surface area contributed by atoms with E-state index in [2.05, 4.69) is 9.88 Å². The number of hydrogen-bond acceptors (Lipinski definition) is 7. The van der Waals surface area contributed by atoms with E-state index in [0.717, 1.165) is 31.6 Å². The molecule has 1 saturated heterocycles. The van der Waals surface area contributed by atoms with Crippen LogP contribution in [-0.2, 0) is 17.9 Å². The van der Waals surface area contributed by atoms with Gasteiger partial charge in [-0.1, -0.05) is 0 Å². The van der Waals surface area contributed by atoms with Crippen molar-refractivity contribution in [3.05, 3.63) is 40.1 Å². The van der Waals surface area contributed by atoms with Crippen molar-refractivity contribution in [2.75, 3.05) is 31.3 Å². The Morgan fingerprint density at radius 3 is 3.00 bits per heavy atom. The zero-order valence-corrected chi connectivity index (χ0v) is 16.4. The van der Waals surface area contributed by atoms with Gasteiger partial charge in [-0.25, -0.2) is 9.18 Å². The third kappa shape index (κ3) is 2.99. The normalized spacial score (nSPS) is 23.0. The predicted octanol–water partition coefficient (Wildman–Crippen LogP) is 1.87. The SMILES string of the molecule is O=c1nc(OCc2cc(F)c3c(c2)OCCC2(CC2)O3)cc2n1C[C@@H]1COCCN21. The van der Waals surface area contributed by atoms with Gasteiger partial charge >= 0.3 is 5.69 Å². The average Bonchev–Trinajstić information content (AvgIpc) is 3.44. The fraction of sp³-hybridized carbons (Fsp3) is 0.524. The van der Waals surface area contributed by atoms with E-state index in [0.29, 0.717) is 37.7 Å². The molecule has 6 rings (SSSR count). The van der Waals surface area contributed by atoms with Crippen molar-refractivity contribution in [3.63, 3.8) is 0 Å². The molecule has 1 saturated carbocycles. The molecule has 3 aliphatic heterocycles. The number of hydrogen-bond donors (Lipinski definition) is 0. The van der Waals surface area contributed by atoms with E-state index in [9.17, 15) is 9.18 Å². The smallest absolute Gasteiger partial charge is 0.352 e. The Labute approximate surface area is 172 Å². The number of aromatic nitrogens is 2. The molecule has 4 heterocycles. The van der Waals surface area contributed by atoms with E-state index in [4.69, 9.17) is 18.9 Å². The topological polar surface area (TPSA) is 75.0 Å². The third-order valence-electron chi connectivity index (χ3n) is 6.28. The minimum absolute atomic E-state index is 0.0706. The standard InChI is InChI=1S/C21H22FN3O5/c22-15-7-13(8-16-19(15)30-21(1-2-21)3-5-28-16)11-29-17-9-18-24-4-6-27-12-14(24)10-25(18)20(26)23-17/h7-9,14H,1-6,10-12H2/t14-/m1/s1. The van der Waals surface area contributed by atoms with Gasteiger partial charge in [0.2, 0.25) is 5.88 Å². The lowest BCUT2D eigenvalue weighted by molar-refractivity contribution is 0.0956. The van der Waals surface area contributed by atoms with Crippen LogP contribution in [0.2, 0.25) is 0 Å². The zero-order valence-electron chi connectivity index (χ0n) is 16.4. The molecule has 0 N–H and O–H groups in total. The van der Waals surface area contributed by atoms with Crippen LogP contribution in [0, 0.1) is 5.82 Å². The molecule has 1 aromatic heterocycles. The minimum atomic E-state index is -0.461. The maximum Gasteiger partial charge on any atom is 0.352 e. The first-order chi connectivity index (χ1) is 14.6. The highest BCUT2D eigenvalue weighted by molar-refractivity contribution is 5.48. The van der Waals surface area contributed by atoms with Gasteiger partial charge in [-0.05, 0) is 30.5 Å². The van der Waals surface area contributed by atoms with Crippen LogP contribution >= 0.6 is 0 Å². The molecule has 1 atom stereocenters. The summed E-state index contributed by atoms with van der Waals surface area (Å²) in [7, 11) is 0. The molecular formula is C21H22FN3O5. The summed E-state index contributed by atoms with van der Waals surface area (Å²) in [5, 5.41) is 0. The number of ether oxygens (including phenoxy) is 4. The summed E-state index contributed by atoms with van der Waals surface area (Å²) in [6, 6.07) is 5.04. The molecule has 2 fully saturated rings. The lowest BCUT2D eigenvalue weighted by Gasteiger charge is -2.30. The Hall–Kier alpha value is -2.81. The lowest BCUT2D eigenvalue weighted by atomic mass is 10.2. The number of rotatable bonds is 3. The average molecular weight is 415 g/mol. The monoisotopic (exact) mass is 415 g/mol. The summed E-state index contributed by atoms with van der Waals surface area (Å²) in [4.78, 5) is 18.6. The quantitative estimate of drug-likeness (QED) is 0.758. The van der Waals surface area contributed by atoms with Crippen LogP contribution in [0.25, 0.3) is 0 Å². The molecule has 1 aliphatic carbocycles. The number of nitrogens with zero attached hydrogens (tertiary/aromatic N) is 3. The second-order valence-electron chi connectivity index (χ2n) is 8.35. The van der Waals surface area contributed by atoms with Crippen LogP contribution in [0.15, 0.2) is 23.0 Å². The van der Waals surface area contributed by atoms with E-state index in [-0.39, 0.29) is 35.6 Å². The van der Waals surface area contributed by atoms with E-state index in [1.54, 1.807) is 16.7 Å². The van der Waals surface area contributed by atoms with Crippen LogP contribution in [0.5, 0.6) is 17.4 Å². The van der Waals surface area contributed by atoms with Crippen molar-refractivity contribution < 1.29 is 23.3 Å². The highest BCUT2D eigenvalue weighted by Gasteiger charge is 2.47. The number of fused-ring (bicyclic) bond motifs is 4. The summed E-state index contributed by atoms with van der Waals surface area (Å²) in [6.07, 6.45) is 2.63. The van der Waals surface area contributed by atoms with Crippen LogP contribution < -0.4 is 24.8 Å². The highest BCUT2D eigenvalue weighted by atomic mass is 19.1. The summed E-state index contributed by atoms with van der Waals surface area (Å²) in [5.74, 6) is 1.13. The van der Waals surface area contributed by atoms with Crippen molar-refractivity contribution >= 4 is 5.82 Å². The van der Waals surface area contributed by atoms with Gasteiger partial charge in [0.25, 0.3) is 0 Å². The first kappa shape index (κ1) is 18.0. The highest BCUT2D eigenvalue weighted by Crippen LogP contribution is 2.48. The van der Waals surface area contributed by atoms with Gasteiger partial charge in [0, 0.05) is 19.0 Å². The number of benzene rings is 1. The Morgan fingerprint density at radius 2 is 2.13 bits per heavy atom. The van der Waals surface area contributed by atoms with Gasteiger partial charge in [0.1, 0.15) is 18.0 Å². The summed E-state index contributed by atoms with van der Waals surface area (Å²) in [5.41, 5.74) is -0.0115. The second-order valence-corrected chi connectivity index (χ2v) is 8.35. The fourth-order valence-electron chi connectivity index (χ4n) is 4.45. The maximum absolute atomic E-state index is 14.7. The van der Waals surface area contributed by atoms with Gasteiger partial charge in [0.15, 0.2) is 17.3 Å². The molecule has 158 valence electrons. The third-order valence-corrected chi connectivity index (χ3v) is 6.28. The minimum Gasteiger partial charge on any atom is -0.489 e. The van der Waals surface area contributed by atoms with E-state index in [1.165, 1.54) is 6.07 Å². The van der Waals surface area contributed by atoms with Crippen molar-refractivity contribution in [2.45, 2.75) is 44.1 Å². The van der Waals surface area contributed by atoms with Gasteiger partial charge in [-0.2, -0.15) is 4.98 Å². The first-order valence-electron chi connectivity index (χ1n) is 10.3. The number of morpholine rings is 1. The Balaban J connectivity index is 1.23. The van der Waals surface area contributed by atoms with Crippen LogP contribution in [0.1, 0.15) is 24.8 Å². The Morgan fingerprint density at radius 1 is 1.23 bits per heavy atom. The van der Waals surface area contributed by atoms with E-state index >= 15 is 0 Å². The maximum atomic E-state index is 14.7. The van der Waals surface area contributed by atoms with E-state index < -0.39 is 5.82 Å². The number of halogens is 1. The summed E-state index contributed by atoms with van der Waals surface area (Å²) in [6.45, 7) is 3.08. The molecule has 1 spiro atoms. The van der Waals surface area contributed by atoms with Gasteiger partial charge < -0.3 is 23.8 Å². The molecule has 0 unspecified atom stereocenters. The fourth-order valence-corrected chi connectivity index (χ4v) is 4.45. The second kappa shape index (κ2) is 6.60. The van der Waals surface area contributed by atoms with Crippen LogP contribution in [0.3, 0.4) is 0 Å². The Kier molecular flexibility index (Phi) is 3.96. The first-order valence-corrected chi connectivity index (χ1v) is 10.3. The lowest BCUT2D eigenvalue weighted by Crippen LogP contribution is -2.43. The molecule has 0 amide bonds. The van der Waals surface area contributed by atoms with Crippen molar-refractivity contribution in [1.82, 2.24) is 9.55 Å². The Bertz CT molecular complexity index is 1070. The molecule has 1 aromatic carbocycles. The summed E-state index contributed by atoms with van der Waals surface area (Å²) >= 11 is 0. The van der Waals surface area contributed by atoms with Crippen molar-refractivity contribution in [1.29, 1.82) is 0 Å². The molecule has 8 nitrogen and oxygen atoms in total. The molecule has 0 bridgehead atoms. The molecule has 30 heavy (non-hydrogen) atoms. The molecule has 4 aliphatic rings. The van der Waals surface area contributed by atoms with Crippen LogP contribution in [0.4, 0.5) is 10.2 Å². The van der Waals surface area contributed by atoms with Crippen LogP contribution in [-0.4, -0.2) is 47.6 Å². The number of anilines is 1. The molecule has 0 radical (unpaired) electrons. The van der Waals surface area contributed by atoms with Gasteiger partial charge in [-0.15, -0.1) is 0 Å². The largest absolute Gasteiger partial charge is 0.489 e. The van der Waals surface area contributed by atoms with Crippen molar-refractivity contribution in [3.8, 4) is 17.4 Å². The molecule has 9 heteroatoms. The molecular weight excluding hydrogens is 393 g/mol. The van der Waals surface area contributed by atoms with Gasteiger partial charge in [0.05, 0.1) is 32.4 Å². The van der Waals surface area contributed by atoms with Gasteiger partial charge in [-0.3, -0.25) is 4.57 Å². The predicted molar refractivity (Wildman–Crippen MR) is 104 cm³/mol. The van der Waals surface area contributed by atoms with Crippen molar-refractivity contribution in [2.24, 2.45) is 0 Å². The van der Waals surface area contributed by atoms with E-state index in [1.807, 2.05) is 0 Å². The zero-order chi connectivity index (χ0) is 20.3.